The summed E-state index contributed by atoms with van der Waals surface area (Å²) >= 11 is 0. The highest BCUT2D eigenvalue weighted by Crippen LogP contribution is 2.47. The molecule has 0 saturated heterocycles. The number of hydrogen-bond donors (Lipinski definition) is 1. The van der Waals surface area contributed by atoms with Gasteiger partial charge in [-0.1, -0.05) is 11.1 Å². The summed E-state index contributed by atoms with van der Waals surface area (Å²) in [5, 5.41) is 15.2. The Hall–Kier alpha value is -3.59. The average molecular weight is 362 g/mol. The van der Waals surface area contributed by atoms with Gasteiger partial charge < -0.3 is 24.0 Å². The predicted octanol–water partition coefficient (Wildman–Crippen LogP) is 3.28. The van der Waals surface area contributed by atoms with Gasteiger partial charge >= 0.3 is 0 Å². The Bertz CT molecular complexity index is 1140. The fraction of sp³-hybridized carbons (Fsp3) is 0.190. The first-order valence-electron chi connectivity index (χ1n) is 8.32. The minimum atomic E-state index is 0.0669. The minimum Gasteiger partial charge on any atom is -0.508 e. The molecule has 0 amide bonds. The highest BCUT2D eigenvalue weighted by molar-refractivity contribution is 6.30. The Kier molecular flexibility index (Phi) is 3.93. The van der Waals surface area contributed by atoms with E-state index in [0.29, 0.717) is 17.2 Å². The Labute approximate surface area is 156 Å². The molecular weight excluding hydrogens is 344 g/mol. The molecule has 4 rings (SSSR count). The van der Waals surface area contributed by atoms with Gasteiger partial charge in [0.15, 0.2) is 18.1 Å². The number of aromatic hydroxyl groups is 1. The number of phenols is 1. The van der Waals surface area contributed by atoms with Crippen molar-refractivity contribution in [2.45, 2.75) is 0 Å². The number of aryl methyl sites for hydroxylation is 1. The van der Waals surface area contributed by atoms with Gasteiger partial charge in [0.25, 0.3) is 0 Å². The van der Waals surface area contributed by atoms with Crippen molar-refractivity contribution in [2.75, 3.05) is 20.8 Å². The fourth-order valence-electron chi connectivity index (χ4n) is 3.62. The van der Waals surface area contributed by atoms with Crippen LogP contribution in [0.3, 0.4) is 0 Å². The summed E-state index contributed by atoms with van der Waals surface area (Å²) in [6, 6.07) is 9.07. The molecule has 0 radical (unpaired) electrons. The van der Waals surface area contributed by atoms with E-state index in [-0.39, 0.29) is 12.4 Å². The van der Waals surface area contributed by atoms with Crippen molar-refractivity contribution in [1.29, 1.82) is 0 Å². The number of hydrogen-bond acceptors (Lipinski definition) is 5. The van der Waals surface area contributed by atoms with Gasteiger partial charge in [0, 0.05) is 34.6 Å². The molecule has 1 N–H and O–H groups in total. The van der Waals surface area contributed by atoms with Crippen molar-refractivity contribution in [3.05, 3.63) is 41.5 Å². The van der Waals surface area contributed by atoms with Crippen LogP contribution in [-0.4, -0.2) is 36.2 Å². The molecule has 0 saturated carbocycles. The number of aromatic nitrogens is 1. The molecule has 0 bridgehead atoms. The normalized spacial score (nSPS) is 13.3. The summed E-state index contributed by atoms with van der Waals surface area (Å²) in [4.78, 5) is 5.31. The number of terminal acetylenes is 1. The molecule has 0 unspecified atom stereocenters. The highest BCUT2D eigenvalue weighted by atomic mass is 16.6. The van der Waals surface area contributed by atoms with Crippen molar-refractivity contribution in [3.8, 4) is 40.8 Å². The third-order valence-corrected chi connectivity index (χ3v) is 4.76. The summed E-state index contributed by atoms with van der Waals surface area (Å²) in [5.41, 5.74) is 5.27. The largest absolute Gasteiger partial charge is 0.508 e. The molecule has 2 aromatic carbocycles. The maximum absolute atomic E-state index is 10.0. The lowest BCUT2D eigenvalue weighted by Gasteiger charge is -2.12. The summed E-state index contributed by atoms with van der Waals surface area (Å²) in [6.45, 7) is 0.0669. The Morgan fingerprint density at radius 1 is 1.11 bits per heavy atom. The van der Waals surface area contributed by atoms with Crippen LogP contribution in [-0.2, 0) is 11.9 Å². The SMILES string of the molecule is C#CCON=C1c2cc(OC)c(OC)cc2-c2c1c1cc(O)ccc1n2C. The van der Waals surface area contributed by atoms with E-state index < -0.39 is 0 Å². The van der Waals surface area contributed by atoms with Crippen LogP contribution in [0.15, 0.2) is 35.5 Å². The average Bonchev–Trinajstić information content (AvgIpc) is 3.14. The maximum atomic E-state index is 10.0. The highest BCUT2D eigenvalue weighted by Gasteiger charge is 2.33. The van der Waals surface area contributed by atoms with Gasteiger partial charge in [-0.25, -0.2) is 0 Å². The van der Waals surface area contributed by atoms with E-state index in [1.807, 2.05) is 25.2 Å². The lowest BCUT2D eigenvalue weighted by atomic mass is 10.1. The molecule has 1 aliphatic carbocycles. The predicted molar refractivity (Wildman–Crippen MR) is 104 cm³/mol. The number of nitrogens with zero attached hydrogens (tertiary/aromatic N) is 2. The molecule has 0 spiro atoms. The van der Waals surface area contributed by atoms with Crippen LogP contribution in [0.5, 0.6) is 17.2 Å². The van der Waals surface area contributed by atoms with Crippen LogP contribution in [0.4, 0.5) is 0 Å². The summed E-state index contributed by atoms with van der Waals surface area (Å²) in [7, 11) is 5.17. The van der Waals surface area contributed by atoms with E-state index >= 15 is 0 Å². The summed E-state index contributed by atoms with van der Waals surface area (Å²) in [5.74, 6) is 3.82. The summed E-state index contributed by atoms with van der Waals surface area (Å²) < 4.78 is 13.0. The van der Waals surface area contributed by atoms with Crippen molar-refractivity contribution in [3.63, 3.8) is 0 Å². The fourth-order valence-corrected chi connectivity index (χ4v) is 3.62. The second kappa shape index (κ2) is 6.29. The number of oxime groups is 1. The van der Waals surface area contributed by atoms with E-state index in [1.54, 1.807) is 26.4 Å². The first kappa shape index (κ1) is 16.9. The van der Waals surface area contributed by atoms with Crippen molar-refractivity contribution in [1.82, 2.24) is 4.57 Å². The number of phenolic OH excluding ortho intramolecular Hbond substituents is 1. The zero-order valence-electron chi connectivity index (χ0n) is 15.2. The van der Waals surface area contributed by atoms with E-state index in [0.717, 1.165) is 33.3 Å². The van der Waals surface area contributed by atoms with Gasteiger partial charge in [0.1, 0.15) is 11.5 Å². The molecule has 0 aliphatic heterocycles. The molecule has 1 aliphatic rings. The first-order valence-corrected chi connectivity index (χ1v) is 8.32. The topological polar surface area (TPSA) is 65.2 Å². The molecule has 1 aromatic heterocycles. The van der Waals surface area contributed by atoms with E-state index in [2.05, 4.69) is 15.6 Å². The van der Waals surface area contributed by atoms with Crippen molar-refractivity contribution in [2.24, 2.45) is 12.2 Å². The molecule has 6 heteroatoms. The third kappa shape index (κ3) is 2.40. The molecule has 6 nitrogen and oxygen atoms in total. The van der Waals surface area contributed by atoms with Gasteiger partial charge in [0.05, 0.1) is 19.9 Å². The number of benzene rings is 2. The van der Waals surface area contributed by atoms with Crippen LogP contribution < -0.4 is 9.47 Å². The van der Waals surface area contributed by atoms with Crippen LogP contribution in [0.1, 0.15) is 11.1 Å². The first-order chi connectivity index (χ1) is 13.1. The van der Waals surface area contributed by atoms with E-state index in [1.165, 1.54) is 0 Å². The van der Waals surface area contributed by atoms with Crippen LogP contribution in [0, 0.1) is 12.3 Å². The van der Waals surface area contributed by atoms with E-state index in [9.17, 15) is 5.11 Å². The van der Waals surface area contributed by atoms with Gasteiger partial charge in [-0.3, -0.25) is 0 Å². The maximum Gasteiger partial charge on any atom is 0.177 e. The second-order valence-electron chi connectivity index (χ2n) is 6.15. The lowest BCUT2D eigenvalue weighted by Crippen LogP contribution is -2.02. The molecule has 0 fully saturated rings. The van der Waals surface area contributed by atoms with Crippen molar-refractivity contribution < 1.29 is 19.4 Å². The smallest absolute Gasteiger partial charge is 0.177 e. The number of fused-ring (bicyclic) bond motifs is 5. The minimum absolute atomic E-state index is 0.0669. The molecular formula is C21H18N2O4. The molecule has 1 heterocycles. The standard InChI is InChI=1S/C21H18N2O4/c1-5-8-27-22-20-13-10-17(25-3)18(26-4)11-14(13)21-19(20)15-9-12(24)6-7-16(15)23(21)2/h1,6-7,9-11,24H,8H2,2-4H3. The summed E-state index contributed by atoms with van der Waals surface area (Å²) in [6.07, 6.45) is 5.28. The van der Waals surface area contributed by atoms with Gasteiger partial charge in [-0.2, -0.15) is 0 Å². The number of methoxy groups -OCH3 is 2. The molecule has 3 aromatic rings. The number of ether oxygens (including phenoxy) is 2. The monoisotopic (exact) mass is 362 g/mol. The number of rotatable bonds is 4. The van der Waals surface area contributed by atoms with Gasteiger partial charge in [-0.15, -0.1) is 6.42 Å². The Morgan fingerprint density at radius 2 is 1.81 bits per heavy atom. The molecule has 27 heavy (non-hydrogen) atoms. The van der Waals surface area contributed by atoms with Crippen LogP contribution in [0.25, 0.3) is 22.2 Å². The van der Waals surface area contributed by atoms with E-state index in [4.69, 9.17) is 20.7 Å². The molecule has 0 atom stereocenters. The second-order valence-corrected chi connectivity index (χ2v) is 6.15. The third-order valence-electron chi connectivity index (χ3n) is 4.76. The Balaban J connectivity index is 2.07. The quantitative estimate of drug-likeness (QED) is 0.344. The van der Waals surface area contributed by atoms with Gasteiger partial charge in [0.2, 0.25) is 0 Å². The van der Waals surface area contributed by atoms with Crippen LogP contribution >= 0.6 is 0 Å². The lowest BCUT2D eigenvalue weighted by molar-refractivity contribution is 0.180. The molecule has 136 valence electrons. The zero-order chi connectivity index (χ0) is 19.1. The van der Waals surface area contributed by atoms with Crippen molar-refractivity contribution >= 4 is 16.6 Å². The zero-order valence-corrected chi connectivity index (χ0v) is 15.2. The van der Waals surface area contributed by atoms with Gasteiger partial charge in [-0.05, 0) is 30.3 Å². The van der Waals surface area contributed by atoms with Crippen LogP contribution in [0.2, 0.25) is 0 Å². The Morgan fingerprint density at radius 3 is 2.48 bits per heavy atom.